The first-order valence-electron chi connectivity index (χ1n) is 7.34. The lowest BCUT2D eigenvalue weighted by molar-refractivity contribution is 0.132. The fourth-order valence-electron chi connectivity index (χ4n) is 2.92. The molecule has 0 unspecified atom stereocenters. The van der Waals surface area contributed by atoms with Crippen molar-refractivity contribution < 1.29 is 5.11 Å². The first-order valence-corrected chi connectivity index (χ1v) is 7.72. The highest BCUT2D eigenvalue weighted by atomic mass is 35.5. The van der Waals surface area contributed by atoms with Gasteiger partial charge in [0.25, 0.3) is 0 Å². The number of fused-ring (bicyclic) bond motifs is 1. The highest BCUT2D eigenvalue weighted by Gasteiger charge is 2.23. The van der Waals surface area contributed by atoms with E-state index in [1.807, 2.05) is 67.8 Å². The third kappa shape index (κ3) is 3.70. The van der Waals surface area contributed by atoms with Crippen LogP contribution < -0.4 is 5.32 Å². The standard InChI is InChI=1S/C18H19ClN2O.ClH/c1-20-12-17(22)18(13-5-3-2-4-6-13)21-10-9-14-11-15(19)7-8-16(14)21;/h2-11,17-18,20,22H,12H2,1H3;1H/t17-,18+;/m1./s1. The molecule has 0 amide bonds. The number of hydrogen-bond donors (Lipinski definition) is 2. The van der Waals surface area contributed by atoms with E-state index in [0.29, 0.717) is 6.54 Å². The SMILES string of the molecule is CNC[C@@H](O)[C@H](c1ccccc1)n1ccc2cc(Cl)ccc21.Cl. The van der Waals surface area contributed by atoms with Gasteiger partial charge in [-0.25, -0.2) is 0 Å². The van der Waals surface area contributed by atoms with Gasteiger partial charge in [-0.2, -0.15) is 0 Å². The molecule has 0 spiro atoms. The van der Waals surface area contributed by atoms with Crippen LogP contribution in [-0.2, 0) is 0 Å². The third-order valence-corrected chi connectivity index (χ3v) is 4.14. The Morgan fingerprint density at radius 1 is 1.13 bits per heavy atom. The summed E-state index contributed by atoms with van der Waals surface area (Å²) in [6.07, 6.45) is 1.48. The van der Waals surface area contributed by atoms with Gasteiger partial charge in [-0.05, 0) is 36.9 Å². The number of rotatable bonds is 5. The monoisotopic (exact) mass is 350 g/mol. The largest absolute Gasteiger partial charge is 0.389 e. The molecule has 0 radical (unpaired) electrons. The molecule has 0 saturated heterocycles. The summed E-state index contributed by atoms with van der Waals surface area (Å²) in [7, 11) is 1.85. The summed E-state index contributed by atoms with van der Waals surface area (Å²) in [4.78, 5) is 0. The number of aromatic nitrogens is 1. The quantitative estimate of drug-likeness (QED) is 0.732. The van der Waals surface area contributed by atoms with Gasteiger partial charge in [-0.15, -0.1) is 12.4 Å². The van der Waals surface area contributed by atoms with Crippen molar-refractivity contribution >= 4 is 34.9 Å². The molecular formula is C18H20Cl2N2O. The second-order valence-electron chi connectivity index (χ2n) is 5.41. The van der Waals surface area contributed by atoms with Crippen LogP contribution in [0.2, 0.25) is 5.02 Å². The maximum Gasteiger partial charge on any atom is 0.0912 e. The van der Waals surface area contributed by atoms with E-state index in [9.17, 15) is 5.11 Å². The van der Waals surface area contributed by atoms with Crippen LogP contribution in [0.25, 0.3) is 10.9 Å². The normalized spacial score (nSPS) is 13.5. The number of nitrogens with one attached hydrogen (secondary N) is 1. The fourth-order valence-corrected chi connectivity index (χ4v) is 3.10. The predicted octanol–water partition coefficient (Wildman–Crippen LogP) is 3.89. The molecule has 0 aliphatic heterocycles. The molecule has 3 aromatic rings. The molecule has 2 N–H and O–H groups in total. The Bertz CT molecular complexity index is 758. The van der Waals surface area contributed by atoms with Gasteiger partial charge < -0.3 is 15.0 Å². The molecule has 0 saturated carbocycles. The minimum atomic E-state index is -0.529. The van der Waals surface area contributed by atoms with Crippen molar-refractivity contribution in [3.8, 4) is 0 Å². The Morgan fingerprint density at radius 2 is 1.87 bits per heavy atom. The van der Waals surface area contributed by atoms with Crippen molar-refractivity contribution in [1.82, 2.24) is 9.88 Å². The van der Waals surface area contributed by atoms with E-state index in [4.69, 9.17) is 11.6 Å². The first-order chi connectivity index (χ1) is 10.7. The Balaban J connectivity index is 0.00000192. The number of likely N-dealkylation sites (N-methyl/N-ethyl adjacent to an activating group) is 1. The minimum Gasteiger partial charge on any atom is -0.389 e. The van der Waals surface area contributed by atoms with Crippen molar-refractivity contribution in [2.75, 3.05) is 13.6 Å². The molecule has 1 heterocycles. The molecule has 5 heteroatoms. The van der Waals surface area contributed by atoms with Gasteiger partial charge in [-0.1, -0.05) is 41.9 Å². The Labute approximate surface area is 147 Å². The number of halogens is 2. The van der Waals surface area contributed by atoms with E-state index in [-0.39, 0.29) is 18.4 Å². The minimum absolute atomic E-state index is 0. The second-order valence-corrected chi connectivity index (χ2v) is 5.84. The molecule has 3 rings (SSSR count). The molecular weight excluding hydrogens is 331 g/mol. The Morgan fingerprint density at radius 3 is 2.57 bits per heavy atom. The van der Waals surface area contributed by atoms with Crippen LogP contribution in [0.1, 0.15) is 11.6 Å². The van der Waals surface area contributed by atoms with E-state index in [1.54, 1.807) is 0 Å². The van der Waals surface area contributed by atoms with E-state index in [0.717, 1.165) is 21.5 Å². The molecule has 0 aliphatic rings. The fraction of sp³-hybridized carbons (Fsp3) is 0.222. The van der Waals surface area contributed by atoms with Crippen LogP contribution >= 0.6 is 24.0 Å². The summed E-state index contributed by atoms with van der Waals surface area (Å²) >= 11 is 6.07. The van der Waals surface area contributed by atoms with Gasteiger partial charge in [0.1, 0.15) is 0 Å². The van der Waals surface area contributed by atoms with Crippen molar-refractivity contribution in [2.24, 2.45) is 0 Å². The molecule has 1 aromatic heterocycles. The molecule has 122 valence electrons. The number of benzene rings is 2. The van der Waals surface area contributed by atoms with Gasteiger partial charge in [0.05, 0.1) is 12.1 Å². The topological polar surface area (TPSA) is 37.2 Å². The van der Waals surface area contributed by atoms with Crippen molar-refractivity contribution in [2.45, 2.75) is 12.1 Å². The lowest BCUT2D eigenvalue weighted by Gasteiger charge is -2.26. The highest BCUT2D eigenvalue weighted by Crippen LogP contribution is 2.29. The molecule has 0 fully saturated rings. The molecule has 0 aliphatic carbocycles. The number of aliphatic hydroxyl groups excluding tert-OH is 1. The first kappa shape index (κ1) is 17.8. The maximum absolute atomic E-state index is 10.6. The van der Waals surface area contributed by atoms with Crippen LogP contribution in [0.4, 0.5) is 0 Å². The van der Waals surface area contributed by atoms with Crippen LogP contribution in [0.15, 0.2) is 60.8 Å². The zero-order valence-corrected chi connectivity index (χ0v) is 14.4. The Hall–Kier alpha value is -1.52. The average molecular weight is 351 g/mol. The average Bonchev–Trinajstić information content (AvgIpc) is 2.92. The second kappa shape index (κ2) is 7.84. The number of aliphatic hydroxyl groups is 1. The number of hydrogen-bond acceptors (Lipinski definition) is 2. The van der Waals surface area contributed by atoms with Crippen LogP contribution in [0.5, 0.6) is 0 Å². The summed E-state index contributed by atoms with van der Waals surface area (Å²) in [6.45, 7) is 0.521. The molecule has 23 heavy (non-hydrogen) atoms. The van der Waals surface area contributed by atoms with Gasteiger partial charge in [-0.3, -0.25) is 0 Å². The summed E-state index contributed by atoms with van der Waals surface area (Å²) < 4.78 is 2.11. The summed E-state index contributed by atoms with van der Waals surface area (Å²) in [5.74, 6) is 0. The third-order valence-electron chi connectivity index (χ3n) is 3.90. The lowest BCUT2D eigenvalue weighted by atomic mass is 10.0. The molecule has 2 aromatic carbocycles. The summed E-state index contributed by atoms with van der Waals surface area (Å²) in [6, 6.07) is 17.8. The van der Waals surface area contributed by atoms with Crippen LogP contribution in [-0.4, -0.2) is 29.4 Å². The zero-order chi connectivity index (χ0) is 15.5. The van der Waals surface area contributed by atoms with E-state index in [2.05, 4.69) is 9.88 Å². The summed E-state index contributed by atoms with van der Waals surface area (Å²) in [5, 5.41) is 15.5. The molecule has 2 atom stereocenters. The van der Waals surface area contributed by atoms with Gasteiger partial charge in [0, 0.05) is 28.7 Å². The number of nitrogens with zero attached hydrogens (tertiary/aromatic N) is 1. The predicted molar refractivity (Wildman–Crippen MR) is 98.7 cm³/mol. The maximum atomic E-state index is 10.6. The van der Waals surface area contributed by atoms with Crippen LogP contribution in [0.3, 0.4) is 0 Å². The van der Waals surface area contributed by atoms with Crippen molar-refractivity contribution in [1.29, 1.82) is 0 Å². The van der Waals surface area contributed by atoms with Crippen molar-refractivity contribution in [3.63, 3.8) is 0 Å². The van der Waals surface area contributed by atoms with Gasteiger partial charge in [0.2, 0.25) is 0 Å². The molecule has 3 nitrogen and oxygen atoms in total. The summed E-state index contributed by atoms with van der Waals surface area (Å²) in [5.41, 5.74) is 2.14. The van der Waals surface area contributed by atoms with E-state index < -0.39 is 6.10 Å². The smallest absolute Gasteiger partial charge is 0.0912 e. The van der Waals surface area contributed by atoms with Crippen molar-refractivity contribution in [3.05, 3.63) is 71.4 Å². The molecule has 0 bridgehead atoms. The van der Waals surface area contributed by atoms with E-state index in [1.165, 1.54) is 0 Å². The van der Waals surface area contributed by atoms with Gasteiger partial charge in [0.15, 0.2) is 0 Å². The lowest BCUT2D eigenvalue weighted by Crippen LogP contribution is -2.33. The Kier molecular flexibility index (Phi) is 6.08. The highest BCUT2D eigenvalue weighted by molar-refractivity contribution is 6.31. The van der Waals surface area contributed by atoms with Crippen LogP contribution in [0, 0.1) is 0 Å². The zero-order valence-electron chi connectivity index (χ0n) is 12.8. The van der Waals surface area contributed by atoms with E-state index >= 15 is 0 Å². The van der Waals surface area contributed by atoms with Gasteiger partial charge >= 0.3 is 0 Å².